The SMILES string of the molecule is O=CCOCCCCOc1ccc(-c2ccc(Oc3c(-c4ccc(F)cc4)sc4cc(O)ccc34)cc2)nc1. The molecule has 0 spiro atoms. The van der Waals surface area contributed by atoms with Crippen molar-refractivity contribution in [1.29, 1.82) is 0 Å². The fraction of sp³-hybridized carbons (Fsp3) is 0.161. The summed E-state index contributed by atoms with van der Waals surface area (Å²) in [6.07, 6.45) is 4.09. The number of phenols is 1. The van der Waals surface area contributed by atoms with Crippen molar-refractivity contribution in [3.8, 4) is 44.7 Å². The average Bonchev–Trinajstić information content (AvgIpc) is 3.30. The number of nitrogens with zero attached hydrogens (tertiary/aromatic N) is 1. The van der Waals surface area contributed by atoms with Crippen LogP contribution in [0.5, 0.6) is 23.0 Å². The first kappa shape index (κ1) is 26.3. The Labute approximate surface area is 229 Å². The second-order valence-electron chi connectivity index (χ2n) is 8.75. The van der Waals surface area contributed by atoms with Gasteiger partial charge in [0.1, 0.15) is 36.0 Å². The number of hydrogen-bond donors (Lipinski definition) is 1. The Hall–Kier alpha value is -4.27. The summed E-state index contributed by atoms with van der Waals surface area (Å²) in [5.41, 5.74) is 2.57. The second kappa shape index (κ2) is 12.5. The Bertz CT molecular complexity index is 1530. The van der Waals surface area contributed by atoms with Crippen LogP contribution in [-0.2, 0) is 9.53 Å². The van der Waals surface area contributed by atoms with E-state index >= 15 is 0 Å². The third-order valence-corrected chi connectivity index (χ3v) is 7.16. The standard InChI is InChI=1S/C31H26FNO5S/c32-23-7-3-22(4-8-23)31-30(27-13-9-24(35)19-29(27)39-31)38-25-10-5-21(6-11-25)28-14-12-26(20-33-28)37-17-2-1-16-36-18-15-34/h3-15,19-20,35H,1-2,16-18H2. The van der Waals surface area contributed by atoms with Crippen molar-refractivity contribution in [1.82, 2.24) is 4.98 Å². The van der Waals surface area contributed by atoms with E-state index in [-0.39, 0.29) is 18.2 Å². The molecule has 5 aromatic rings. The number of aromatic nitrogens is 1. The molecule has 0 saturated heterocycles. The molecule has 39 heavy (non-hydrogen) atoms. The fourth-order valence-corrected chi connectivity index (χ4v) is 5.20. The van der Waals surface area contributed by atoms with Crippen molar-refractivity contribution in [3.05, 3.63) is 90.9 Å². The largest absolute Gasteiger partial charge is 0.508 e. The number of carbonyl (C=O) groups is 1. The third-order valence-electron chi connectivity index (χ3n) is 5.98. The number of hydrogen-bond acceptors (Lipinski definition) is 7. The van der Waals surface area contributed by atoms with E-state index in [1.54, 1.807) is 30.5 Å². The summed E-state index contributed by atoms with van der Waals surface area (Å²) in [5.74, 6) is 1.86. The van der Waals surface area contributed by atoms with Crippen LogP contribution in [0.15, 0.2) is 85.1 Å². The summed E-state index contributed by atoms with van der Waals surface area (Å²) >= 11 is 1.48. The summed E-state index contributed by atoms with van der Waals surface area (Å²) in [5, 5.41) is 10.8. The molecular formula is C31H26FNO5S. The van der Waals surface area contributed by atoms with Gasteiger partial charge >= 0.3 is 0 Å². The van der Waals surface area contributed by atoms with Crippen LogP contribution >= 0.6 is 11.3 Å². The third kappa shape index (κ3) is 6.60. The quantitative estimate of drug-likeness (QED) is 0.129. The normalized spacial score (nSPS) is 11.0. The van der Waals surface area contributed by atoms with Crippen molar-refractivity contribution >= 4 is 27.7 Å². The van der Waals surface area contributed by atoms with Crippen LogP contribution in [0.1, 0.15) is 12.8 Å². The van der Waals surface area contributed by atoms with Gasteiger partial charge < -0.3 is 24.1 Å². The number of aromatic hydroxyl groups is 1. The molecule has 0 unspecified atom stereocenters. The highest BCUT2D eigenvalue weighted by Crippen LogP contribution is 2.47. The maximum Gasteiger partial charge on any atom is 0.153 e. The van der Waals surface area contributed by atoms with Crippen LogP contribution in [0, 0.1) is 5.82 Å². The zero-order chi connectivity index (χ0) is 27.0. The van der Waals surface area contributed by atoms with E-state index in [0.717, 1.165) is 50.9 Å². The zero-order valence-corrected chi connectivity index (χ0v) is 21.8. The Kier molecular flexibility index (Phi) is 8.45. The molecule has 0 aliphatic heterocycles. The van der Waals surface area contributed by atoms with Crippen LogP contribution in [-0.4, -0.2) is 36.2 Å². The minimum Gasteiger partial charge on any atom is -0.508 e. The van der Waals surface area contributed by atoms with Gasteiger partial charge in [-0.25, -0.2) is 4.39 Å². The number of benzene rings is 3. The number of unbranched alkanes of at least 4 members (excludes halogenated alkanes) is 1. The molecule has 0 aliphatic carbocycles. The minimum atomic E-state index is -0.304. The van der Waals surface area contributed by atoms with Gasteiger partial charge in [-0.3, -0.25) is 4.98 Å². The fourth-order valence-electron chi connectivity index (χ4n) is 4.03. The molecule has 6 nitrogen and oxygen atoms in total. The van der Waals surface area contributed by atoms with Gasteiger partial charge in [0.15, 0.2) is 5.75 Å². The van der Waals surface area contributed by atoms with Gasteiger partial charge in [0.25, 0.3) is 0 Å². The van der Waals surface area contributed by atoms with Gasteiger partial charge in [-0.1, -0.05) is 12.1 Å². The Balaban J connectivity index is 1.27. The Morgan fingerprint density at radius 2 is 1.62 bits per heavy atom. The predicted molar refractivity (Wildman–Crippen MR) is 150 cm³/mol. The molecular weight excluding hydrogens is 517 g/mol. The zero-order valence-electron chi connectivity index (χ0n) is 21.0. The molecule has 2 heterocycles. The number of ether oxygens (including phenoxy) is 3. The molecule has 5 rings (SSSR count). The number of rotatable bonds is 12. The number of thiophene rings is 1. The van der Waals surface area contributed by atoms with Crippen LogP contribution in [0.3, 0.4) is 0 Å². The number of halogens is 1. The summed E-state index contributed by atoms with van der Waals surface area (Å²) in [7, 11) is 0. The van der Waals surface area contributed by atoms with Crippen LogP contribution in [0.25, 0.3) is 31.8 Å². The van der Waals surface area contributed by atoms with Gasteiger partial charge in [0, 0.05) is 22.3 Å². The number of carbonyl (C=O) groups excluding carboxylic acids is 1. The lowest BCUT2D eigenvalue weighted by Gasteiger charge is -2.10. The van der Waals surface area contributed by atoms with Crippen molar-refractivity contribution in [2.24, 2.45) is 0 Å². The topological polar surface area (TPSA) is 77.9 Å². The smallest absolute Gasteiger partial charge is 0.153 e. The molecule has 3 aromatic carbocycles. The first-order valence-electron chi connectivity index (χ1n) is 12.5. The minimum absolute atomic E-state index is 0.132. The van der Waals surface area contributed by atoms with Crippen molar-refractivity contribution in [2.75, 3.05) is 19.8 Å². The first-order chi connectivity index (χ1) is 19.1. The van der Waals surface area contributed by atoms with Gasteiger partial charge in [0.05, 0.1) is 23.4 Å². The molecule has 0 radical (unpaired) electrons. The molecule has 8 heteroatoms. The Morgan fingerprint density at radius 3 is 2.36 bits per heavy atom. The van der Waals surface area contributed by atoms with Crippen LogP contribution < -0.4 is 9.47 Å². The summed E-state index contributed by atoms with van der Waals surface area (Å²) in [6, 6.07) is 22.9. The second-order valence-corrected chi connectivity index (χ2v) is 9.80. The van der Waals surface area contributed by atoms with Crippen LogP contribution in [0.4, 0.5) is 4.39 Å². The van der Waals surface area contributed by atoms with E-state index in [2.05, 4.69) is 4.98 Å². The van der Waals surface area contributed by atoms with Gasteiger partial charge in [0.2, 0.25) is 0 Å². The number of aldehydes is 1. The van der Waals surface area contributed by atoms with Gasteiger partial charge in [-0.05, 0) is 85.1 Å². The average molecular weight is 544 g/mol. The monoisotopic (exact) mass is 543 g/mol. The highest BCUT2D eigenvalue weighted by molar-refractivity contribution is 7.22. The van der Waals surface area contributed by atoms with Gasteiger partial charge in [-0.2, -0.15) is 0 Å². The molecule has 0 amide bonds. The first-order valence-corrected chi connectivity index (χ1v) is 13.3. The lowest BCUT2D eigenvalue weighted by molar-refractivity contribution is -0.111. The van der Waals surface area contributed by atoms with E-state index in [1.165, 1.54) is 23.5 Å². The number of pyridine rings is 1. The lowest BCUT2D eigenvalue weighted by atomic mass is 10.1. The summed E-state index contributed by atoms with van der Waals surface area (Å²) in [4.78, 5) is 15.6. The molecule has 0 saturated carbocycles. The molecule has 0 aliphatic rings. The molecule has 1 N–H and O–H groups in total. The van der Waals surface area contributed by atoms with E-state index in [9.17, 15) is 14.3 Å². The van der Waals surface area contributed by atoms with E-state index in [4.69, 9.17) is 14.2 Å². The maximum absolute atomic E-state index is 13.5. The van der Waals surface area contributed by atoms with Gasteiger partial charge in [-0.15, -0.1) is 11.3 Å². The Morgan fingerprint density at radius 1 is 0.872 bits per heavy atom. The van der Waals surface area contributed by atoms with Crippen molar-refractivity contribution in [2.45, 2.75) is 12.8 Å². The summed E-state index contributed by atoms with van der Waals surface area (Å²) in [6.45, 7) is 1.22. The predicted octanol–water partition coefficient (Wildman–Crippen LogP) is 7.64. The maximum atomic E-state index is 13.5. The summed E-state index contributed by atoms with van der Waals surface area (Å²) < 4.78 is 31.6. The highest BCUT2D eigenvalue weighted by Gasteiger charge is 2.17. The lowest BCUT2D eigenvalue weighted by Crippen LogP contribution is -2.02. The van der Waals surface area contributed by atoms with E-state index in [1.807, 2.05) is 42.5 Å². The molecule has 0 fully saturated rings. The highest BCUT2D eigenvalue weighted by atomic mass is 32.1. The van der Waals surface area contributed by atoms with Crippen molar-refractivity contribution < 1.29 is 28.5 Å². The molecule has 198 valence electrons. The van der Waals surface area contributed by atoms with Crippen LogP contribution in [0.2, 0.25) is 0 Å². The number of phenolic OH excluding ortho intramolecular Hbond substituents is 1. The van der Waals surface area contributed by atoms with E-state index < -0.39 is 0 Å². The number of fused-ring (bicyclic) bond motifs is 1. The molecule has 2 aromatic heterocycles. The molecule has 0 atom stereocenters. The van der Waals surface area contributed by atoms with E-state index in [0.29, 0.717) is 30.5 Å². The molecule has 0 bridgehead atoms. The van der Waals surface area contributed by atoms with Crippen molar-refractivity contribution in [3.63, 3.8) is 0 Å².